The van der Waals surface area contributed by atoms with Gasteiger partial charge in [-0.1, -0.05) is 53.2 Å². The smallest absolute Gasteiger partial charge is 0.259 e. The Kier molecular flexibility index (Phi) is 8.94. The van der Waals surface area contributed by atoms with Gasteiger partial charge < -0.3 is 10.7 Å². The number of aromatic amines is 1. The van der Waals surface area contributed by atoms with Gasteiger partial charge in [-0.3, -0.25) is 19.4 Å². The first-order valence-electron chi connectivity index (χ1n) is 12.5. The van der Waals surface area contributed by atoms with Crippen LogP contribution in [0.4, 0.5) is 5.82 Å². The van der Waals surface area contributed by atoms with Gasteiger partial charge in [-0.05, 0) is 54.8 Å². The summed E-state index contributed by atoms with van der Waals surface area (Å²) in [4.78, 5) is 36.9. The average molecular weight is 601 g/mol. The fourth-order valence-corrected chi connectivity index (χ4v) is 6.58. The second-order valence-corrected chi connectivity index (χ2v) is 12.2. The summed E-state index contributed by atoms with van der Waals surface area (Å²) in [7, 11) is 0. The number of nitrogens with zero attached hydrogens (tertiary/aromatic N) is 3. The van der Waals surface area contributed by atoms with Crippen LogP contribution in [0.15, 0.2) is 70.5 Å². The molecule has 0 aliphatic carbocycles. The molecule has 2 aromatic heterocycles. The van der Waals surface area contributed by atoms with Gasteiger partial charge in [0.2, 0.25) is 5.91 Å². The number of thiazole rings is 1. The van der Waals surface area contributed by atoms with Gasteiger partial charge in [0, 0.05) is 48.4 Å². The van der Waals surface area contributed by atoms with E-state index in [0.717, 1.165) is 59.5 Å². The van der Waals surface area contributed by atoms with E-state index >= 15 is 0 Å². The molecule has 3 N–H and O–H groups in total. The highest BCUT2D eigenvalue weighted by atomic mass is 35.5. The van der Waals surface area contributed by atoms with Gasteiger partial charge in [0.1, 0.15) is 5.82 Å². The van der Waals surface area contributed by atoms with E-state index in [4.69, 9.17) is 28.9 Å². The standard InChI is InChI=1S/C28H27Cl2N5O2S2/c29-22-8-3-18(14-23(22)30)15-34-12-9-21(10-13-34)35(26-2-1-11-32-26)27(37)20-6-4-19(5-7-20)24-16-38-28(33-24)39-17-25(31)36/h1-8,11,14,16,21,32H,9-10,12-13,15,17H2,(H2,31,36). The van der Waals surface area contributed by atoms with Gasteiger partial charge >= 0.3 is 0 Å². The maximum atomic E-state index is 13.8. The van der Waals surface area contributed by atoms with Crippen LogP contribution in [0.1, 0.15) is 28.8 Å². The number of carbonyl (C=O) groups excluding carboxylic acids is 2. The minimum atomic E-state index is -0.372. The summed E-state index contributed by atoms with van der Waals surface area (Å²) in [6.45, 7) is 2.53. The van der Waals surface area contributed by atoms with E-state index < -0.39 is 0 Å². The number of nitrogens with two attached hydrogens (primary N) is 1. The summed E-state index contributed by atoms with van der Waals surface area (Å²) in [5.74, 6) is 0.581. The summed E-state index contributed by atoms with van der Waals surface area (Å²) < 4.78 is 0.785. The van der Waals surface area contributed by atoms with Crippen molar-refractivity contribution in [1.82, 2.24) is 14.9 Å². The van der Waals surface area contributed by atoms with Crippen LogP contribution in [-0.4, -0.2) is 51.6 Å². The molecule has 3 heterocycles. The lowest BCUT2D eigenvalue weighted by molar-refractivity contribution is -0.115. The fraction of sp³-hybridized carbons (Fsp3) is 0.250. The average Bonchev–Trinajstić information content (AvgIpc) is 3.64. The molecule has 2 aromatic carbocycles. The summed E-state index contributed by atoms with van der Waals surface area (Å²) in [6, 6.07) is 17.2. The maximum Gasteiger partial charge on any atom is 0.259 e. The van der Waals surface area contributed by atoms with Crippen LogP contribution in [0.25, 0.3) is 11.3 Å². The highest BCUT2D eigenvalue weighted by Crippen LogP contribution is 2.30. The molecule has 11 heteroatoms. The van der Waals surface area contributed by atoms with Crippen molar-refractivity contribution < 1.29 is 9.59 Å². The van der Waals surface area contributed by atoms with Crippen LogP contribution in [0.2, 0.25) is 10.0 Å². The van der Waals surface area contributed by atoms with Gasteiger partial charge in [0.25, 0.3) is 5.91 Å². The number of aromatic nitrogens is 2. The van der Waals surface area contributed by atoms with Crippen LogP contribution in [0, 0.1) is 0 Å². The number of likely N-dealkylation sites (tertiary alicyclic amines) is 1. The summed E-state index contributed by atoms with van der Waals surface area (Å²) in [6.07, 6.45) is 3.55. The molecule has 39 heavy (non-hydrogen) atoms. The number of hydrogen-bond donors (Lipinski definition) is 2. The van der Waals surface area contributed by atoms with Crippen LogP contribution < -0.4 is 10.6 Å². The van der Waals surface area contributed by atoms with Gasteiger partial charge in [-0.25, -0.2) is 4.98 Å². The predicted octanol–water partition coefficient (Wildman–Crippen LogP) is 6.33. The highest BCUT2D eigenvalue weighted by molar-refractivity contribution is 8.01. The first-order chi connectivity index (χ1) is 18.9. The Labute approximate surface area is 245 Å². The van der Waals surface area contributed by atoms with Crippen molar-refractivity contribution in [3.05, 3.63) is 87.3 Å². The zero-order valence-electron chi connectivity index (χ0n) is 21.0. The van der Waals surface area contributed by atoms with Crippen LogP contribution in [0.3, 0.4) is 0 Å². The first kappa shape index (κ1) is 27.7. The predicted molar refractivity (Wildman–Crippen MR) is 160 cm³/mol. The van der Waals surface area contributed by atoms with Crippen LogP contribution in [-0.2, 0) is 11.3 Å². The molecular weight excluding hydrogens is 573 g/mol. The number of nitrogens with one attached hydrogen (secondary N) is 1. The van der Waals surface area contributed by atoms with E-state index in [9.17, 15) is 9.59 Å². The Morgan fingerprint density at radius 1 is 1.10 bits per heavy atom. The number of hydrogen-bond acceptors (Lipinski definition) is 6. The van der Waals surface area contributed by atoms with E-state index in [1.54, 1.807) is 0 Å². The number of piperidine rings is 1. The normalized spacial score (nSPS) is 14.4. The Bertz CT molecular complexity index is 1430. The number of primary amides is 1. The zero-order chi connectivity index (χ0) is 27.4. The number of anilines is 1. The van der Waals surface area contributed by atoms with Crippen molar-refractivity contribution in [3.8, 4) is 11.3 Å². The third-order valence-electron chi connectivity index (χ3n) is 6.62. The van der Waals surface area contributed by atoms with Crippen molar-refractivity contribution in [2.24, 2.45) is 5.73 Å². The summed E-state index contributed by atoms with van der Waals surface area (Å²) in [5, 5.41) is 3.07. The third-order valence-corrected chi connectivity index (χ3v) is 9.40. The lowest BCUT2D eigenvalue weighted by Gasteiger charge is -2.38. The Balaban J connectivity index is 1.26. The molecule has 1 fully saturated rings. The number of rotatable bonds is 9. The number of thioether (sulfide) groups is 1. The molecule has 4 aromatic rings. The molecule has 0 atom stereocenters. The van der Waals surface area contributed by atoms with Crippen molar-refractivity contribution in [3.63, 3.8) is 0 Å². The molecule has 0 radical (unpaired) electrons. The number of carbonyl (C=O) groups is 2. The van der Waals surface area contributed by atoms with Crippen molar-refractivity contribution in [2.45, 2.75) is 29.8 Å². The molecule has 1 aliphatic rings. The van der Waals surface area contributed by atoms with Gasteiger partial charge in [0.05, 0.1) is 21.5 Å². The SMILES string of the molecule is NC(=O)CSc1nc(-c2ccc(C(=O)N(c3ccc[nH]3)C3CCN(Cc4ccc(Cl)c(Cl)c4)CC3)cc2)cs1. The highest BCUT2D eigenvalue weighted by Gasteiger charge is 2.30. The van der Waals surface area contributed by atoms with Crippen molar-refractivity contribution in [2.75, 3.05) is 23.7 Å². The van der Waals surface area contributed by atoms with E-state index in [1.807, 2.05) is 71.1 Å². The minimum Gasteiger partial charge on any atom is -0.369 e. The van der Waals surface area contributed by atoms with E-state index in [1.165, 1.54) is 23.1 Å². The molecule has 2 amide bonds. The van der Waals surface area contributed by atoms with Crippen molar-refractivity contribution >= 4 is 63.9 Å². The molecule has 1 saturated heterocycles. The molecular formula is C28H27Cl2N5O2S2. The fourth-order valence-electron chi connectivity index (χ4n) is 4.69. The summed E-state index contributed by atoms with van der Waals surface area (Å²) >= 11 is 15.1. The van der Waals surface area contributed by atoms with E-state index in [0.29, 0.717) is 15.6 Å². The van der Waals surface area contributed by atoms with Gasteiger partial charge in [0.15, 0.2) is 4.34 Å². The molecule has 0 spiro atoms. The maximum absolute atomic E-state index is 13.8. The number of benzene rings is 2. The molecule has 1 aliphatic heterocycles. The number of amides is 2. The second-order valence-electron chi connectivity index (χ2n) is 9.32. The molecule has 0 saturated carbocycles. The molecule has 7 nitrogen and oxygen atoms in total. The first-order valence-corrected chi connectivity index (χ1v) is 15.1. The Morgan fingerprint density at radius 3 is 2.54 bits per heavy atom. The Morgan fingerprint density at radius 2 is 1.87 bits per heavy atom. The second kappa shape index (κ2) is 12.6. The van der Waals surface area contributed by atoms with Gasteiger partial charge in [-0.15, -0.1) is 11.3 Å². The monoisotopic (exact) mass is 599 g/mol. The lowest BCUT2D eigenvalue weighted by Crippen LogP contribution is -2.47. The van der Waals surface area contributed by atoms with E-state index in [2.05, 4.69) is 14.9 Å². The Hall–Kier alpha value is -2.82. The van der Waals surface area contributed by atoms with Crippen LogP contribution in [0.5, 0.6) is 0 Å². The molecule has 5 rings (SSSR count). The quantitative estimate of drug-likeness (QED) is 0.219. The molecule has 202 valence electrons. The summed E-state index contributed by atoms with van der Waals surface area (Å²) in [5.41, 5.74) is 8.69. The third kappa shape index (κ3) is 6.85. The molecule has 0 unspecified atom stereocenters. The van der Waals surface area contributed by atoms with E-state index in [-0.39, 0.29) is 23.6 Å². The van der Waals surface area contributed by atoms with Gasteiger partial charge in [-0.2, -0.15) is 0 Å². The molecule has 0 bridgehead atoms. The van der Waals surface area contributed by atoms with Crippen LogP contribution >= 0.6 is 46.3 Å². The topological polar surface area (TPSA) is 95.3 Å². The zero-order valence-corrected chi connectivity index (χ0v) is 24.1. The number of H-pyrrole nitrogens is 1. The number of halogens is 2. The lowest BCUT2D eigenvalue weighted by atomic mass is 10.0. The minimum absolute atomic E-state index is 0.0390. The largest absolute Gasteiger partial charge is 0.369 e. The van der Waals surface area contributed by atoms with Crippen molar-refractivity contribution in [1.29, 1.82) is 0 Å².